The summed E-state index contributed by atoms with van der Waals surface area (Å²) in [6, 6.07) is 4.91. The average molecular weight is 386 g/mol. The Bertz CT molecular complexity index is 908. The number of nitrogens with zero attached hydrogens (tertiary/aromatic N) is 3. The first-order valence-electron chi connectivity index (χ1n) is 9.17. The highest BCUT2D eigenvalue weighted by molar-refractivity contribution is 7.99. The maximum Gasteiger partial charge on any atom is 0.227 e. The first-order chi connectivity index (χ1) is 13.1. The van der Waals surface area contributed by atoms with Gasteiger partial charge in [0.25, 0.3) is 0 Å². The number of phenols is 1. The average Bonchev–Trinajstić information content (AvgIpc) is 3.05. The van der Waals surface area contributed by atoms with E-state index in [0.29, 0.717) is 29.9 Å². The summed E-state index contributed by atoms with van der Waals surface area (Å²) in [7, 11) is 0. The van der Waals surface area contributed by atoms with Crippen LogP contribution in [0.1, 0.15) is 38.3 Å². The molecule has 0 radical (unpaired) electrons. The monoisotopic (exact) mass is 386 g/mol. The van der Waals surface area contributed by atoms with Gasteiger partial charge in [-0.25, -0.2) is 4.68 Å². The van der Waals surface area contributed by atoms with Crippen molar-refractivity contribution in [3.63, 3.8) is 0 Å². The second kappa shape index (κ2) is 7.26. The van der Waals surface area contributed by atoms with Gasteiger partial charge in [-0.1, -0.05) is 30.8 Å². The van der Waals surface area contributed by atoms with Gasteiger partial charge >= 0.3 is 0 Å². The first-order valence-corrected chi connectivity index (χ1v) is 10.2. The smallest absolute Gasteiger partial charge is 0.227 e. The number of allylic oxidation sites excluding steroid dienone is 2. The van der Waals surface area contributed by atoms with E-state index < -0.39 is 0 Å². The number of fused-ring (bicyclic) bond motifs is 2. The van der Waals surface area contributed by atoms with Crippen molar-refractivity contribution in [1.29, 1.82) is 0 Å². The third kappa shape index (κ3) is 3.18. The standard InChI is InChI=1S/C19H22N4O3S/c1-3-26-15-10-11(8-9-13(15)24)17-16-12(6-5-7-14(16)25)20-18-21-19(27-4-2)22-23(17)18/h6,8-10,16-17,24H,3-5,7H2,1-2H3,(H,20,21,22)/t16-,17-/m1/s1. The fourth-order valence-electron chi connectivity index (χ4n) is 3.66. The summed E-state index contributed by atoms with van der Waals surface area (Å²) >= 11 is 1.56. The van der Waals surface area contributed by atoms with Crippen molar-refractivity contribution in [3.8, 4) is 11.5 Å². The number of benzene rings is 1. The molecular formula is C19H22N4O3S. The van der Waals surface area contributed by atoms with Crippen LogP contribution in [0.4, 0.5) is 5.95 Å². The summed E-state index contributed by atoms with van der Waals surface area (Å²) in [6.45, 7) is 4.37. The number of Topliss-reactive ketones (excluding diaryl/α,β-unsaturated/α-hetero) is 1. The molecule has 4 rings (SSSR count). The molecule has 1 aromatic heterocycles. The van der Waals surface area contributed by atoms with Crippen LogP contribution in [0.5, 0.6) is 11.5 Å². The zero-order valence-corrected chi connectivity index (χ0v) is 16.1. The number of ether oxygens (including phenoxy) is 1. The lowest BCUT2D eigenvalue weighted by molar-refractivity contribution is -0.123. The zero-order valence-electron chi connectivity index (χ0n) is 15.3. The van der Waals surface area contributed by atoms with E-state index in [-0.39, 0.29) is 23.5 Å². The SMILES string of the molecule is CCOc1cc([C@@H]2[C@H]3C(=O)CCC=C3Nc3nc(SCC)nn32)ccc1O. The molecule has 0 fully saturated rings. The number of aromatic nitrogens is 3. The number of aromatic hydroxyl groups is 1. The van der Waals surface area contributed by atoms with Crippen LogP contribution in [0.3, 0.4) is 0 Å². The molecule has 0 unspecified atom stereocenters. The number of carbonyl (C=O) groups is 1. The molecule has 2 N–H and O–H groups in total. The summed E-state index contributed by atoms with van der Waals surface area (Å²) in [5.74, 6) is 1.84. The molecule has 0 spiro atoms. The molecule has 2 aliphatic rings. The highest BCUT2D eigenvalue weighted by Gasteiger charge is 2.41. The number of ketones is 1. The van der Waals surface area contributed by atoms with Crippen LogP contribution in [-0.2, 0) is 4.79 Å². The molecule has 2 aromatic rings. The van der Waals surface area contributed by atoms with Crippen molar-refractivity contribution in [2.75, 3.05) is 17.7 Å². The summed E-state index contributed by atoms with van der Waals surface area (Å²) in [5, 5.41) is 18.7. The molecule has 1 aliphatic carbocycles. The molecule has 27 heavy (non-hydrogen) atoms. The molecule has 7 nitrogen and oxygen atoms in total. The van der Waals surface area contributed by atoms with Gasteiger partial charge in [0, 0.05) is 12.1 Å². The maximum absolute atomic E-state index is 12.8. The van der Waals surface area contributed by atoms with Crippen molar-refractivity contribution >= 4 is 23.5 Å². The van der Waals surface area contributed by atoms with E-state index in [0.717, 1.165) is 23.4 Å². The maximum atomic E-state index is 12.8. The van der Waals surface area contributed by atoms with Crippen LogP contribution in [-0.4, -0.2) is 38.0 Å². The van der Waals surface area contributed by atoms with Crippen LogP contribution in [0.2, 0.25) is 0 Å². The van der Waals surface area contributed by atoms with E-state index in [1.165, 1.54) is 0 Å². The molecule has 2 heterocycles. The molecule has 0 amide bonds. The molecule has 0 bridgehead atoms. The number of nitrogens with one attached hydrogen (secondary N) is 1. The predicted octanol–water partition coefficient (Wildman–Crippen LogP) is 3.37. The fourth-order valence-corrected chi connectivity index (χ4v) is 4.22. The van der Waals surface area contributed by atoms with Gasteiger partial charge in [0.2, 0.25) is 11.1 Å². The van der Waals surface area contributed by atoms with Crippen molar-refractivity contribution in [1.82, 2.24) is 14.8 Å². The third-order valence-electron chi connectivity index (χ3n) is 4.78. The van der Waals surface area contributed by atoms with Crippen LogP contribution >= 0.6 is 11.8 Å². The minimum absolute atomic E-state index is 0.0845. The Morgan fingerprint density at radius 2 is 2.26 bits per heavy atom. The number of rotatable bonds is 5. The third-order valence-corrected chi connectivity index (χ3v) is 5.50. The van der Waals surface area contributed by atoms with E-state index in [2.05, 4.69) is 28.4 Å². The Morgan fingerprint density at radius 1 is 1.41 bits per heavy atom. The highest BCUT2D eigenvalue weighted by atomic mass is 32.2. The normalized spacial score (nSPS) is 21.1. The predicted molar refractivity (Wildman–Crippen MR) is 103 cm³/mol. The number of hydrogen-bond donors (Lipinski definition) is 2. The van der Waals surface area contributed by atoms with Gasteiger partial charge in [0.05, 0.1) is 18.6 Å². The van der Waals surface area contributed by atoms with E-state index in [1.54, 1.807) is 28.6 Å². The summed E-state index contributed by atoms with van der Waals surface area (Å²) in [6.07, 6.45) is 3.33. The van der Waals surface area contributed by atoms with Crippen LogP contribution in [0.15, 0.2) is 35.1 Å². The fraction of sp³-hybridized carbons (Fsp3) is 0.421. The minimum atomic E-state index is -0.341. The van der Waals surface area contributed by atoms with Crippen molar-refractivity contribution < 1.29 is 14.6 Å². The van der Waals surface area contributed by atoms with Gasteiger partial charge in [-0.05, 0) is 36.8 Å². The topological polar surface area (TPSA) is 89.3 Å². The Labute approximate surface area is 161 Å². The number of anilines is 1. The first kappa shape index (κ1) is 17.9. The number of phenolic OH excluding ortho intramolecular Hbond substituents is 1. The van der Waals surface area contributed by atoms with E-state index in [1.807, 2.05) is 13.0 Å². The molecular weight excluding hydrogens is 364 g/mol. The van der Waals surface area contributed by atoms with Crippen molar-refractivity contribution in [2.45, 2.75) is 37.9 Å². The van der Waals surface area contributed by atoms with Gasteiger partial charge in [-0.15, -0.1) is 5.10 Å². The molecule has 1 aliphatic heterocycles. The largest absolute Gasteiger partial charge is 0.504 e. The molecule has 2 atom stereocenters. The Kier molecular flexibility index (Phi) is 4.82. The summed E-state index contributed by atoms with van der Waals surface area (Å²) < 4.78 is 7.35. The van der Waals surface area contributed by atoms with E-state index >= 15 is 0 Å². The van der Waals surface area contributed by atoms with Crippen LogP contribution < -0.4 is 10.1 Å². The quantitative estimate of drug-likeness (QED) is 0.762. The molecule has 0 saturated heterocycles. The minimum Gasteiger partial charge on any atom is -0.504 e. The Hall–Kier alpha value is -2.48. The van der Waals surface area contributed by atoms with E-state index in [9.17, 15) is 9.90 Å². The lowest BCUT2D eigenvalue weighted by Crippen LogP contribution is -2.38. The Balaban J connectivity index is 1.85. The summed E-state index contributed by atoms with van der Waals surface area (Å²) in [5.41, 5.74) is 1.75. The van der Waals surface area contributed by atoms with Gasteiger partial charge in [0.1, 0.15) is 5.78 Å². The van der Waals surface area contributed by atoms with Crippen molar-refractivity contribution in [3.05, 3.63) is 35.5 Å². The lowest BCUT2D eigenvalue weighted by Gasteiger charge is -2.36. The number of carbonyl (C=O) groups excluding carboxylic acids is 1. The summed E-state index contributed by atoms with van der Waals surface area (Å²) in [4.78, 5) is 17.4. The van der Waals surface area contributed by atoms with Crippen LogP contribution in [0, 0.1) is 5.92 Å². The van der Waals surface area contributed by atoms with Gasteiger partial charge in [-0.3, -0.25) is 4.79 Å². The molecule has 0 saturated carbocycles. The second-order valence-corrected chi connectivity index (χ2v) is 7.70. The van der Waals surface area contributed by atoms with Gasteiger partial charge in [-0.2, -0.15) is 4.98 Å². The molecule has 8 heteroatoms. The van der Waals surface area contributed by atoms with Crippen molar-refractivity contribution in [2.24, 2.45) is 5.92 Å². The number of thioether (sulfide) groups is 1. The van der Waals surface area contributed by atoms with Gasteiger partial charge in [0.15, 0.2) is 11.5 Å². The van der Waals surface area contributed by atoms with E-state index in [4.69, 9.17) is 4.74 Å². The number of hydrogen-bond acceptors (Lipinski definition) is 7. The molecule has 1 aromatic carbocycles. The molecule has 142 valence electrons. The Morgan fingerprint density at radius 3 is 3.04 bits per heavy atom. The van der Waals surface area contributed by atoms with Gasteiger partial charge < -0.3 is 15.2 Å². The second-order valence-electron chi connectivity index (χ2n) is 6.47. The zero-order chi connectivity index (χ0) is 19.0. The van der Waals surface area contributed by atoms with Crippen LogP contribution in [0.25, 0.3) is 0 Å². The lowest BCUT2D eigenvalue weighted by atomic mass is 9.81. The highest BCUT2D eigenvalue weighted by Crippen LogP contribution is 2.43.